The van der Waals surface area contributed by atoms with Gasteiger partial charge in [-0.05, 0) is 18.6 Å². The molecule has 0 amide bonds. The van der Waals surface area contributed by atoms with Gasteiger partial charge in [-0.25, -0.2) is 4.39 Å². The second-order valence-electron chi connectivity index (χ2n) is 4.65. The van der Waals surface area contributed by atoms with Gasteiger partial charge in [-0.1, -0.05) is 22.0 Å². The Labute approximate surface area is 121 Å². The van der Waals surface area contributed by atoms with E-state index in [1.54, 1.807) is 6.07 Å². The van der Waals surface area contributed by atoms with Gasteiger partial charge in [0.2, 0.25) is 0 Å². The van der Waals surface area contributed by atoms with Crippen molar-refractivity contribution in [2.75, 3.05) is 26.2 Å². The molecule has 5 heteroatoms. The van der Waals surface area contributed by atoms with Gasteiger partial charge in [-0.3, -0.25) is 4.90 Å². The predicted molar refractivity (Wildman–Crippen MR) is 77.8 cm³/mol. The molecule has 1 aromatic carbocycles. The van der Waals surface area contributed by atoms with Crippen molar-refractivity contribution < 1.29 is 9.50 Å². The minimum Gasteiger partial charge on any atom is -0.505 e. The molecule has 0 bridgehead atoms. The lowest BCUT2D eigenvalue weighted by Gasteiger charge is -2.35. The topological polar surface area (TPSA) is 35.5 Å². The lowest BCUT2D eigenvalue weighted by atomic mass is 10.00. The highest BCUT2D eigenvalue weighted by atomic mass is 79.9. The first kappa shape index (κ1) is 14.5. The number of hydrogen-bond donors (Lipinski definition) is 2. The summed E-state index contributed by atoms with van der Waals surface area (Å²) >= 11 is 3.28. The van der Waals surface area contributed by atoms with Crippen LogP contribution in [0.5, 0.6) is 5.75 Å². The molecule has 1 aliphatic heterocycles. The number of aromatic hydroxyl groups is 1. The van der Waals surface area contributed by atoms with Crippen LogP contribution in [0.25, 0.3) is 0 Å². The van der Waals surface area contributed by atoms with Crippen LogP contribution in [0.1, 0.15) is 18.0 Å². The number of rotatable bonds is 4. The minimum absolute atomic E-state index is 0.0356. The predicted octanol–water partition coefficient (Wildman–Crippen LogP) is 2.82. The third kappa shape index (κ3) is 3.35. The first-order chi connectivity index (χ1) is 9.13. The van der Waals surface area contributed by atoms with Crippen molar-refractivity contribution >= 4 is 15.9 Å². The molecule has 104 valence electrons. The van der Waals surface area contributed by atoms with Crippen LogP contribution in [-0.4, -0.2) is 36.2 Å². The quantitative estimate of drug-likeness (QED) is 0.834. The molecule has 1 aromatic rings. The second kappa shape index (κ2) is 6.50. The van der Waals surface area contributed by atoms with E-state index in [2.05, 4.69) is 32.7 Å². The van der Waals surface area contributed by atoms with Crippen LogP contribution in [0.4, 0.5) is 4.39 Å². The minimum atomic E-state index is -0.589. The summed E-state index contributed by atoms with van der Waals surface area (Å²) in [6.45, 7) is 7.34. The summed E-state index contributed by atoms with van der Waals surface area (Å²) < 4.78 is 14.3. The van der Waals surface area contributed by atoms with Crippen LogP contribution in [0.2, 0.25) is 0 Å². The molecule has 3 nitrogen and oxygen atoms in total. The highest BCUT2D eigenvalue weighted by Gasteiger charge is 2.25. The van der Waals surface area contributed by atoms with Crippen molar-refractivity contribution in [1.82, 2.24) is 10.2 Å². The summed E-state index contributed by atoms with van der Waals surface area (Å²) in [5, 5.41) is 13.3. The van der Waals surface area contributed by atoms with Gasteiger partial charge >= 0.3 is 0 Å². The number of nitrogens with zero attached hydrogens (tertiary/aromatic N) is 1. The maximum atomic E-state index is 13.7. The maximum absolute atomic E-state index is 13.7. The monoisotopic (exact) mass is 328 g/mol. The summed E-state index contributed by atoms with van der Waals surface area (Å²) in [6.07, 6.45) is 2.49. The molecule has 0 aromatic heterocycles. The zero-order chi connectivity index (χ0) is 13.8. The number of phenolic OH excluding ortho intramolecular Hbond substituents is 1. The van der Waals surface area contributed by atoms with Gasteiger partial charge in [0, 0.05) is 42.3 Å². The van der Waals surface area contributed by atoms with Gasteiger partial charge in [0.1, 0.15) is 0 Å². The average molecular weight is 329 g/mol. The molecule has 0 radical (unpaired) electrons. The van der Waals surface area contributed by atoms with E-state index in [0.29, 0.717) is 16.5 Å². The zero-order valence-corrected chi connectivity index (χ0v) is 12.3. The van der Waals surface area contributed by atoms with Crippen molar-refractivity contribution in [2.45, 2.75) is 12.5 Å². The van der Waals surface area contributed by atoms with Crippen LogP contribution in [0, 0.1) is 5.82 Å². The Bertz CT molecular complexity index is 461. The molecule has 1 atom stereocenters. The Hall–Kier alpha value is -0.910. The van der Waals surface area contributed by atoms with E-state index in [0.717, 1.165) is 26.2 Å². The standard InChI is InChI=1S/C14H18BrFN2O/c1-2-3-13(18-6-4-17-5-7-18)11-8-10(15)9-12(16)14(11)19/h2,8-9,13,17,19H,1,3-7H2/t13-/m0/s1. The summed E-state index contributed by atoms with van der Waals surface area (Å²) in [6, 6.07) is 3.03. The molecule has 2 N–H and O–H groups in total. The van der Waals surface area contributed by atoms with Gasteiger partial charge in [0.25, 0.3) is 0 Å². The van der Waals surface area contributed by atoms with E-state index >= 15 is 0 Å². The van der Waals surface area contributed by atoms with Gasteiger partial charge in [-0.15, -0.1) is 6.58 Å². The summed E-state index contributed by atoms with van der Waals surface area (Å²) in [5.74, 6) is -0.845. The number of benzene rings is 1. The second-order valence-corrected chi connectivity index (χ2v) is 5.57. The smallest absolute Gasteiger partial charge is 0.166 e. The first-order valence-electron chi connectivity index (χ1n) is 6.37. The van der Waals surface area contributed by atoms with E-state index in [1.165, 1.54) is 6.07 Å². The largest absolute Gasteiger partial charge is 0.505 e. The summed E-state index contributed by atoms with van der Waals surface area (Å²) in [7, 11) is 0. The van der Waals surface area contributed by atoms with Crippen molar-refractivity contribution in [3.63, 3.8) is 0 Å². The number of halogens is 2. The molecule has 1 fully saturated rings. The van der Waals surface area contributed by atoms with Crippen molar-refractivity contribution in [3.8, 4) is 5.75 Å². The third-order valence-corrected chi connectivity index (χ3v) is 3.86. The average Bonchev–Trinajstić information content (AvgIpc) is 2.41. The SMILES string of the molecule is C=CC[C@@H](c1cc(Br)cc(F)c1O)N1CCNCC1. The molecule has 19 heavy (non-hydrogen) atoms. The first-order valence-corrected chi connectivity index (χ1v) is 7.16. The molecular formula is C14H18BrFN2O. The van der Waals surface area contributed by atoms with E-state index in [-0.39, 0.29) is 11.8 Å². The highest BCUT2D eigenvalue weighted by Crippen LogP contribution is 2.35. The van der Waals surface area contributed by atoms with Crippen molar-refractivity contribution in [2.24, 2.45) is 0 Å². The molecule has 0 spiro atoms. The molecular weight excluding hydrogens is 311 g/mol. The summed E-state index contributed by atoms with van der Waals surface area (Å²) in [4.78, 5) is 2.25. The highest BCUT2D eigenvalue weighted by molar-refractivity contribution is 9.10. The van der Waals surface area contributed by atoms with Crippen LogP contribution < -0.4 is 5.32 Å². The van der Waals surface area contributed by atoms with Crippen LogP contribution in [0.15, 0.2) is 29.3 Å². The van der Waals surface area contributed by atoms with Gasteiger partial charge in [0.15, 0.2) is 11.6 Å². The van der Waals surface area contributed by atoms with E-state index in [1.807, 2.05) is 6.08 Å². The number of hydrogen-bond acceptors (Lipinski definition) is 3. The lowest BCUT2D eigenvalue weighted by Crippen LogP contribution is -2.45. The molecule has 0 saturated carbocycles. The molecule has 0 unspecified atom stereocenters. The normalized spacial score (nSPS) is 18.2. The van der Waals surface area contributed by atoms with E-state index in [4.69, 9.17) is 0 Å². The Morgan fingerprint density at radius 1 is 1.47 bits per heavy atom. The lowest BCUT2D eigenvalue weighted by molar-refractivity contribution is 0.171. The molecule has 1 saturated heterocycles. The zero-order valence-electron chi connectivity index (χ0n) is 10.7. The van der Waals surface area contributed by atoms with Crippen LogP contribution in [-0.2, 0) is 0 Å². The third-order valence-electron chi connectivity index (χ3n) is 3.40. The van der Waals surface area contributed by atoms with E-state index < -0.39 is 5.82 Å². The van der Waals surface area contributed by atoms with Crippen LogP contribution >= 0.6 is 15.9 Å². The van der Waals surface area contributed by atoms with Gasteiger partial charge < -0.3 is 10.4 Å². The molecule has 0 aliphatic carbocycles. The fraction of sp³-hybridized carbons (Fsp3) is 0.429. The Morgan fingerprint density at radius 2 is 2.16 bits per heavy atom. The Kier molecular flexibility index (Phi) is 4.96. The number of phenols is 1. The Morgan fingerprint density at radius 3 is 2.79 bits per heavy atom. The number of nitrogens with one attached hydrogen (secondary N) is 1. The molecule has 1 heterocycles. The van der Waals surface area contributed by atoms with E-state index in [9.17, 15) is 9.50 Å². The van der Waals surface area contributed by atoms with Crippen molar-refractivity contribution in [3.05, 3.63) is 40.6 Å². The summed E-state index contributed by atoms with van der Waals surface area (Å²) in [5.41, 5.74) is 0.619. The fourth-order valence-corrected chi connectivity index (χ4v) is 2.91. The molecule has 1 aliphatic rings. The number of piperazine rings is 1. The van der Waals surface area contributed by atoms with Gasteiger partial charge in [-0.2, -0.15) is 0 Å². The van der Waals surface area contributed by atoms with Gasteiger partial charge in [0.05, 0.1) is 0 Å². The fourth-order valence-electron chi connectivity index (χ4n) is 2.46. The molecule has 2 rings (SSSR count). The van der Waals surface area contributed by atoms with Crippen LogP contribution in [0.3, 0.4) is 0 Å². The Balaban J connectivity index is 2.34. The maximum Gasteiger partial charge on any atom is 0.166 e. The van der Waals surface area contributed by atoms with Crippen molar-refractivity contribution in [1.29, 1.82) is 0 Å².